The second-order valence-corrected chi connectivity index (χ2v) is 4.34. The normalized spacial score (nSPS) is 44.5. The quantitative estimate of drug-likeness (QED) is 0.687. The van der Waals surface area contributed by atoms with Gasteiger partial charge in [-0.15, -0.1) is 0 Å². The molecule has 0 aromatic carbocycles. The molecule has 1 atom stereocenters. The summed E-state index contributed by atoms with van der Waals surface area (Å²) in [6.07, 6.45) is 4.66. The first-order valence-corrected chi connectivity index (χ1v) is 5.04. The maximum Gasteiger partial charge on any atom is 0.0582 e. The largest absolute Gasteiger partial charge is 0.381 e. The van der Waals surface area contributed by atoms with E-state index >= 15 is 0 Å². The molecule has 0 heterocycles. The molecule has 70 valence electrons. The Balaban J connectivity index is 1.67. The second kappa shape index (κ2) is 3.00. The number of methoxy groups -OCH3 is 1. The van der Waals surface area contributed by atoms with Crippen LogP contribution < -0.4 is 5.32 Å². The Labute approximate surface area is 74.7 Å². The van der Waals surface area contributed by atoms with Gasteiger partial charge in [-0.05, 0) is 43.7 Å². The molecule has 2 aliphatic carbocycles. The highest BCUT2D eigenvalue weighted by atomic mass is 16.5. The van der Waals surface area contributed by atoms with E-state index in [-0.39, 0.29) is 0 Å². The van der Waals surface area contributed by atoms with E-state index in [4.69, 9.17) is 4.74 Å². The van der Waals surface area contributed by atoms with Gasteiger partial charge in [0.1, 0.15) is 0 Å². The highest BCUT2D eigenvalue weighted by Crippen LogP contribution is 2.65. The first-order valence-electron chi connectivity index (χ1n) is 5.04. The fourth-order valence-corrected chi connectivity index (χ4v) is 2.55. The second-order valence-electron chi connectivity index (χ2n) is 4.34. The van der Waals surface area contributed by atoms with Gasteiger partial charge in [0.15, 0.2) is 0 Å². The van der Waals surface area contributed by atoms with Crippen molar-refractivity contribution in [2.24, 2.45) is 11.3 Å². The zero-order valence-electron chi connectivity index (χ0n) is 8.10. The van der Waals surface area contributed by atoms with Gasteiger partial charge in [0, 0.05) is 7.11 Å². The van der Waals surface area contributed by atoms with Gasteiger partial charge in [-0.1, -0.05) is 6.92 Å². The van der Waals surface area contributed by atoms with Gasteiger partial charge < -0.3 is 10.1 Å². The van der Waals surface area contributed by atoms with Crippen molar-refractivity contribution in [3.05, 3.63) is 0 Å². The molecule has 2 saturated carbocycles. The topological polar surface area (TPSA) is 21.3 Å². The summed E-state index contributed by atoms with van der Waals surface area (Å²) in [4.78, 5) is 0. The minimum atomic E-state index is 0.580. The van der Waals surface area contributed by atoms with E-state index in [1.165, 1.54) is 25.8 Å². The van der Waals surface area contributed by atoms with E-state index in [1.807, 2.05) is 7.11 Å². The Hall–Kier alpha value is -0.0800. The molecule has 0 amide bonds. The molecule has 2 fully saturated rings. The van der Waals surface area contributed by atoms with Crippen molar-refractivity contribution < 1.29 is 4.74 Å². The van der Waals surface area contributed by atoms with Crippen LogP contribution in [0.5, 0.6) is 0 Å². The van der Waals surface area contributed by atoms with Crippen LogP contribution in [0.3, 0.4) is 0 Å². The fourth-order valence-electron chi connectivity index (χ4n) is 2.55. The number of rotatable bonds is 4. The molecule has 2 heteroatoms. The Bertz CT molecular complexity index is 163. The number of hydrogen-bond acceptors (Lipinski definition) is 2. The maximum atomic E-state index is 5.29. The number of nitrogens with one attached hydrogen (secondary N) is 1. The molecule has 0 aromatic rings. The molecule has 2 aliphatic rings. The third kappa shape index (κ3) is 1.27. The highest BCUT2D eigenvalue weighted by molar-refractivity contribution is 5.11. The SMILES string of the molecule is CCNCC1CC12CC(OC)C2. The summed E-state index contributed by atoms with van der Waals surface area (Å²) in [7, 11) is 1.83. The monoisotopic (exact) mass is 169 g/mol. The van der Waals surface area contributed by atoms with Gasteiger partial charge in [0.2, 0.25) is 0 Å². The maximum absolute atomic E-state index is 5.29. The van der Waals surface area contributed by atoms with Gasteiger partial charge in [0.25, 0.3) is 0 Å². The average molecular weight is 169 g/mol. The van der Waals surface area contributed by atoms with Crippen LogP contribution in [0.25, 0.3) is 0 Å². The van der Waals surface area contributed by atoms with Gasteiger partial charge in [-0.25, -0.2) is 0 Å². The highest BCUT2D eigenvalue weighted by Gasteiger charge is 2.60. The lowest BCUT2D eigenvalue weighted by Crippen LogP contribution is -2.35. The molecule has 0 bridgehead atoms. The van der Waals surface area contributed by atoms with E-state index in [0.29, 0.717) is 6.10 Å². The molecule has 1 spiro atoms. The molecule has 2 rings (SSSR count). The minimum Gasteiger partial charge on any atom is -0.381 e. The van der Waals surface area contributed by atoms with Gasteiger partial charge >= 0.3 is 0 Å². The zero-order valence-corrected chi connectivity index (χ0v) is 8.10. The summed E-state index contributed by atoms with van der Waals surface area (Å²) in [6.45, 7) is 4.51. The van der Waals surface area contributed by atoms with Crippen LogP contribution in [0.4, 0.5) is 0 Å². The predicted octanol–water partition coefficient (Wildman–Crippen LogP) is 1.41. The van der Waals surface area contributed by atoms with Crippen LogP contribution >= 0.6 is 0 Å². The lowest BCUT2D eigenvalue weighted by molar-refractivity contribution is -0.0170. The molecule has 0 radical (unpaired) electrons. The average Bonchev–Trinajstić information content (AvgIpc) is 2.72. The summed E-state index contributed by atoms with van der Waals surface area (Å²) in [5.41, 5.74) is 0.725. The summed E-state index contributed by atoms with van der Waals surface area (Å²) in [6, 6.07) is 0. The van der Waals surface area contributed by atoms with Crippen LogP contribution in [0.15, 0.2) is 0 Å². The smallest absolute Gasteiger partial charge is 0.0582 e. The third-order valence-corrected chi connectivity index (χ3v) is 3.60. The zero-order chi connectivity index (χ0) is 8.60. The third-order valence-electron chi connectivity index (χ3n) is 3.60. The Kier molecular flexibility index (Phi) is 2.13. The molecule has 1 unspecified atom stereocenters. The van der Waals surface area contributed by atoms with Crippen molar-refractivity contribution in [2.75, 3.05) is 20.2 Å². The Morgan fingerprint density at radius 2 is 2.17 bits per heavy atom. The summed E-state index contributed by atoms with van der Waals surface area (Å²) in [5, 5.41) is 3.43. The van der Waals surface area contributed by atoms with Gasteiger partial charge in [-0.3, -0.25) is 0 Å². The van der Waals surface area contributed by atoms with Crippen molar-refractivity contribution in [3.8, 4) is 0 Å². The summed E-state index contributed by atoms with van der Waals surface area (Å²) in [5.74, 6) is 0.962. The number of hydrogen-bond donors (Lipinski definition) is 1. The molecular formula is C10H19NO. The lowest BCUT2D eigenvalue weighted by Gasteiger charge is -2.35. The van der Waals surface area contributed by atoms with E-state index in [0.717, 1.165) is 17.9 Å². The van der Waals surface area contributed by atoms with Crippen molar-refractivity contribution in [1.29, 1.82) is 0 Å². The minimum absolute atomic E-state index is 0.580. The van der Waals surface area contributed by atoms with E-state index in [1.54, 1.807) is 0 Å². The van der Waals surface area contributed by atoms with Crippen molar-refractivity contribution >= 4 is 0 Å². The standard InChI is InChI=1S/C10H19NO/c1-3-11-7-8-4-10(8)5-9(6-10)12-2/h8-9,11H,3-7H2,1-2H3. The molecule has 0 aromatic heterocycles. The van der Waals surface area contributed by atoms with E-state index in [9.17, 15) is 0 Å². The van der Waals surface area contributed by atoms with Crippen LogP contribution in [-0.4, -0.2) is 26.3 Å². The molecule has 0 saturated heterocycles. The van der Waals surface area contributed by atoms with E-state index in [2.05, 4.69) is 12.2 Å². The van der Waals surface area contributed by atoms with Crippen LogP contribution in [0, 0.1) is 11.3 Å². The van der Waals surface area contributed by atoms with Gasteiger partial charge in [0.05, 0.1) is 6.10 Å². The molecular weight excluding hydrogens is 150 g/mol. The van der Waals surface area contributed by atoms with E-state index < -0.39 is 0 Å². The Morgan fingerprint density at radius 3 is 2.75 bits per heavy atom. The summed E-state index contributed by atoms with van der Waals surface area (Å²) >= 11 is 0. The summed E-state index contributed by atoms with van der Waals surface area (Å²) < 4.78 is 5.29. The first-order chi connectivity index (χ1) is 5.80. The van der Waals surface area contributed by atoms with Crippen LogP contribution in [-0.2, 0) is 4.74 Å². The molecule has 0 aliphatic heterocycles. The van der Waals surface area contributed by atoms with Crippen molar-refractivity contribution in [1.82, 2.24) is 5.32 Å². The van der Waals surface area contributed by atoms with Crippen molar-refractivity contribution in [3.63, 3.8) is 0 Å². The Morgan fingerprint density at radius 1 is 1.42 bits per heavy atom. The van der Waals surface area contributed by atoms with Crippen LogP contribution in [0.1, 0.15) is 26.2 Å². The molecule has 1 N–H and O–H groups in total. The molecule has 12 heavy (non-hydrogen) atoms. The lowest BCUT2D eigenvalue weighted by atomic mass is 9.77. The first kappa shape index (κ1) is 8.52. The number of ether oxygens (including phenoxy) is 1. The van der Waals surface area contributed by atoms with Crippen LogP contribution in [0.2, 0.25) is 0 Å². The van der Waals surface area contributed by atoms with Crippen molar-refractivity contribution in [2.45, 2.75) is 32.3 Å². The predicted molar refractivity (Wildman–Crippen MR) is 49.1 cm³/mol. The molecule has 2 nitrogen and oxygen atoms in total. The van der Waals surface area contributed by atoms with Gasteiger partial charge in [-0.2, -0.15) is 0 Å². The fraction of sp³-hybridized carbons (Fsp3) is 1.00.